The summed E-state index contributed by atoms with van der Waals surface area (Å²) in [7, 11) is 0. The molecule has 5 rings (SSSR count). The van der Waals surface area contributed by atoms with Crippen LogP contribution in [0.25, 0.3) is 0 Å². The van der Waals surface area contributed by atoms with Crippen molar-refractivity contribution in [3.8, 4) is 23.0 Å². The van der Waals surface area contributed by atoms with Crippen LogP contribution >= 0.6 is 0 Å². The van der Waals surface area contributed by atoms with Crippen molar-refractivity contribution in [3.63, 3.8) is 0 Å². The summed E-state index contributed by atoms with van der Waals surface area (Å²) in [6.07, 6.45) is 0.478. The predicted octanol–water partition coefficient (Wildman–Crippen LogP) is 3.69. The molecule has 0 bridgehead atoms. The van der Waals surface area contributed by atoms with Crippen molar-refractivity contribution >= 4 is 23.8 Å². The molecular formula is C32H34N4O7. The Morgan fingerprint density at radius 1 is 0.767 bits per heavy atom. The molecular weight excluding hydrogens is 552 g/mol. The number of hydrogen-bond donors (Lipinski definition) is 2. The van der Waals surface area contributed by atoms with E-state index in [4.69, 9.17) is 14.2 Å². The monoisotopic (exact) mass is 586 g/mol. The minimum Gasteiger partial charge on any atom is -0.494 e. The maximum atomic E-state index is 13.8. The summed E-state index contributed by atoms with van der Waals surface area (Å²) in [5, 5.41) is 4.55. The van der Waals surface area contributed by atoms with E-state index in [1.807, 2.05) is 44.2 Å². The first-order valence-corrected chi connectivity index (χ1v) is 14.3. The summed E-state index contributed by atoms with van der Waals surface area (Å²) in [6, 6.07) is 20.2. The third-order valence-electron chi connectivity index (χ3n) is 7.41. The Bertz CT molecular complexity index is 1470. The Labute approximate surface area is 249 Å². The molecule has 2 N–H and O–H groups in total. The summed E-state index contributed by atoms with van der Waals surface area (Å²) >= 11 is 0. The third-order valence-corrected chi connectivity index (χ3v) is 7.41. The fourth-order valence-corrected chi connectivity index (χ4v) is 5.48. The lowest BCUT2D eigenvalue weighted by Gasteiger charge is -2.42. The quantitative estimate of drug-likeness (QED) is 0.364. The van der Waals surface area contributed by atoms with E-state index in [0.717, 1.165) is 0 Å². The van der Waals surface area contributed by atoms with Crippen molar-refractivity contribution in [2.75, 3.05) is 39.4 Å². The number of imide groups is 2. The molecule has 0 atom stereocenters. The van der Waals surface area contributed by atoms with Crippen molar-refractivity contribution in [2.24, 2.45) is 0 Å². The SMILES string of the molecule is CCOc1ccc(OCC)c(C(=O)N2CCCN(C3(c4ccc(Oc5ccccc5)cc4)C(=O)NC(=O)NC3=O)CC2)c1. The maximum Gasteiger partial charge on any atom is 0.328 e. The van der Waals surface area contributed by atoms with Crippen molar-refractivity contribution in [1.82, 2.24) is 20.4 Å². The van der Waals surface area contributed by atoms with Gasteiger partial charge in [-0.05, 0) is 68.3 Å². The number of hydrogen-bond acceptors (Lipinski definition) is 8. The molecule has 11 heteroatoms. The number of urea groups is 1. The summed E-state index contributed by atoms with van der Waals surface area (Å²) in [6.45, 7) is 5.69. The van der Waals surface area contributed by atoms with Crippen LogP contribution in [-0.2, 0) is 15.1 Å². The zero-order valence-corrected chi connectivity index (χ0v) is 24.1. The highest BCUT2D eigenvalue weighted by atomic mass is 16.5. The largest absolute Gasteiger partial charge is 0.494 e. The van der Waals surface area contributed by atoms with E-state index in [1.54, 1.807) is 52.3 Å². The first-order valence-electron chi connectivity index (χ1n) is 14.3. The van der Waals surface area contributed by atoms with Gasteiger partial charge >= 0.3 is 6.03 Å². The van der Waals surface area contributed by atoms with E-state index in [9.17, 15) is 19.2 Å². The number of nitrogens with one attached hydrogen (secondary N) is 2. The Kier molecular flexibility index (Phi) is 8.91. The van der Waals surface area contributed by atoms with Gasteiger partial charge in [0.2, 0.25) is 5.54 Å². The van der Waals surface area contributed by atoms with Gasteiger partial charge in [-0.1, -0.05) is 30.3 Å². The lowest BCUT2D eigenvalue weighted by Crippen LogP contribution is -2.71. The zero-order valence-electron chi connectivity index (χ0n) is 24.1. The van der Waals surface area contributed by atoms with Gasteiger partial charge in [-0.15, -0.1) is 0 Å². The van der Waals surface area contributed by atoms with Crippen molar-refractivity contribution in [1.29, 1.82) is 0 Å². The highest BCUT2D eigenvalue weighted by molar-refractivity contribution is 6.22. The molecule has 0 aromatic heterocycles. The van der Waals surface area contributed by atoms with Crippen LogP contribution < -0.4 is 24.8 Å². The number of benzene rings is 3. The minimum absolute atomic E-state index is 0.193. The highest BCUT2D eigenvalue weighted by Gasteiger charge is 2.56. The fourth-order valence-electron chi connectivity index (χ4n) is 5.48. The number of para-hydroxylation sites is 1. The smallest absolute Gasteiger partial charge is 0.328 e. The molecule has 3 aromatic carbocycles. The standard InChI is InChI=1S/C32H34N4O7/c1-3-41-25-15-16-27(42-4-2)26(21-25)28(37)35-17-8-18-36(20-19-35)32(29(38)33-31(40)34-30(32)39)22-11-13-24(14-12-22)43-23-9-6-5-7-10-23/h5-7,9-16,21H,3-4,8,17-20H2,1-2H3,(H2,33,34,38,39,40). The molecule has 5 amide bonds. The molecule has 11 nitrogen and oxygen atoms in total. The first kappa shape index (κ1) is 29.6. The third kappa shape index (κ3) is 6.02. The molecule has 2 fully saturated rings. The van der Waals surface area contributed by atoms with Gasteiger partial charge in [-0.2, -0.15) is 0 Å². The van der Waals surface area contributed by atoms with Crippen LogP contribution in [0, 0.1) is 0 Å². The number of nitrogens with zero attached hydrogens (tertiary/aromatic N) is 2. The average molecular weight is 587 g/mol. The Balaban J connectivity index is 1.42. The Hall–Kier alpha value is -4.90. The van der Waals surface area contributed by atoms with Gasteiger partial charge in [0.25, 0.3) is 17.7 Å². The second-order valence-corrected chi connectivity index (χ2v) is 10.0. The molecule has 0 aliphatic carbocycles. The minimum atomic E-state index is -1.83. The highest BCUT2D eigenvalue weighted by Crippen LogP contribution is 2.35. The Morgan fingerprint density at radius 2 is 1.42 bits per heavy atom. The number of barbiturate groups is 1. The molecule has 0 radical (unpaired) electrons. The van der Waals surface area contributed by atoms with Crippen LogP contribution in [0.4, 0.5) is 4.79 Å². The summed E-state index contributed by atoms with van der Waals surface area (Å²) in [4.78, 5) is 56.5. The lowest BCUT2D eigenvalue weighted by atomic mass is 9.84. The normalized spacial score (nSPS) is 17.0. The van der Waals surface area contributed by atoms with Crippen molar-refractivity contribution in [3.05, 3.63) is 83.9 Å². The number of carbonyl (C=O) groups excluding carboxylic acids is 4. The molecule has 3 aromatic rings. The van der Waals surface area contributed by atoms with E-state index >= 15 is 0 Å². The molecule has 2 aliphatic rings. The summed E-state index contributed by atoms with van der Waals surface area (Å²) in [5.74, 6) is 0.434. The van der Waals surface area contributed by atoms with Gasteiger partial charge < -0.3 is 19.1 Å². The van der Waals surface area contributed by atoms with Gasteiger partial charge in [-0.25, -0.2) is 4.79 Å². The predicted molar refractivity (Wildman–Crippen MR) is 157 cm³/mol. The van der Waals surface area contributed by atoms with Crippen LogP contribution in [0.2, 0.25) is 0 Å². The van der Waals surface area contributed by atoms with Crippen LogP contribution in [0.1, 0.15) is 36.2 Å². The number of ether oxygens (including phenoxy) is 3. The van der Waals surface area contributed by atoms with Crippen LogP contribution in [0.5, 0.6) is 23.0 Å². The zero-order chi connectivity index (χ0) is 30.4. The molecule has 224 valence electrons. The number of rotatable bonds is 9. The first-order chi connectivity index (χ1) is 20.9. The molecule has 0 spiro atoms. The van der Waals surface area contributed by atoms with Crippen LogP contribution in [0.3, 0.4) is 0 Å². The molecule has 2 saturated heterocycles. The number of carbonyl (C=O) groups is 4. The second-order valence-electron chi connectivity index (χ2n) is 10.0. The summed E-state index contributed by atoms with van der Waals surface area (Å²) < 4.78 is 17.2. The van der Waals surface area contributed by atoms with Gasteiger partial charge in [0, 0.05) is 26.2 Å². The van der Waals surface area contributed by atoms with E-state index in [1.165, 1.54) is 0 Å². The van der Waals surface area contributed by atoms with Gasteiger partial charge in [0.05, 0.1) is 18.8 Å². The Morgan fingerprint density at radius 3 is 2.09 bits per heavy atom. The van der Waals surface area contributed by atoms with E-state index in [2.05, 4.69) is 10.6 Å². The van der Waals surface area contributed by atoms with E-state index < -0.39 is 23.4 Å². The van der Waals surface area contributed by atoms with Crippen LogP contribution in [-0.4, -0.2) is 72.9 Å². The summed E-state index contributed by atoms with van der Waals surface area (Å²) in [5.41, 5.74) is -1.08. The number of amides is 5. The molecule has 2 aliphatic heterocycles. The van der Waals surface area contributed by atoms with Gasteiger partial charge in [-0.3, -0.25) is 29.9 Å². The van der Waals surface area contributed by atoms with E-state index in [-0.39, 0.29) is 19.0 Å². The van der Waals surface area contributed by atoms with Crippen LogP contribution in [0.15, 0.2) is 72.8 Å². The maximum absolute atomic E-state index is 13.8. The molecule has 0 saturated carbocycles. The topological polar surface area (TPSA) is 127 Å². The van der Waals surface area contributed by atoms with Gasteiger partial charge in [0.1, 0.15) is 23.0 Å². The molecule has 0 unspecified atom stereocenters. The second kappa shape index (κ2) is 13.0. The molecule has 2 heterocycles. The van der Waals surface area contributed by atoms with Gasteiger partial charge in [0.15, 0.2) is 0 Å². The average Bonchev–Trinajstić information content (AvgIpc) is 3.26. The molecule has 43 heavy (non-hydrogen) atoms. The lowest BCUT2D eigenvalue weighted by molar-refractivity contribution is -0.148. The van der Waals surface area contributed by atoms with Crippen molar-refractivity contribution in [2.45, 2.75) is 25.8 Å². The fraction of sp³-hybridized carbons (Fsp3) is 0.312. The van der Waals surface area contributed by atoms with E-state index in [0.29, 0.717) is 66.8 Å². The van der Waals surface area contributed by atoms with Crippen molar-refractivity contribution < 1.29 is 33.4 Å².